The molecule has 0 aliphatic heterocycles. The minimum absolute atomic E-state index is 0.00121. The number of benzene rings is 8. The van der Waals surface area contributed by atoms with E-state index in [-0.39, 0.29) is 80.8 Å². The number of rotatable bonds is 19. The van der Waals surface area contributed by atoms with Crippen molar-refractivity contribution in [1.82, 2.24) is 0 Å². The van der Waals surface area contributed by atoms with Crippen molar-refractivity contribution in [2.45, 2.75) is 115 Å². The van der Waals surface area contributed by atoms with E-state index in [1.54, 1.807) is 20.8 Å². The van der Waals surface area contributed by atoms with Crippen LogP contribution in [0.5, 0.6) is 0 Å². The molecule has 12 rings (SSSR count). The van der Waals surface area contributed by atoms with Crippen molar-refractivity contribution in [3.8, 4) is 0 Å². The van der Waals surface area contributed by atoms with Gasteiger partial charge in [-0.1, -0.05) is 194 Å². The van der Waals surface area contributed by atoms with E-state index in [4.69, 9.17) is 0 Å². The lowest BCUT2D eigenvalue weighted by molar-refractivity contribution is -0.0692. The topological polar surface area (TPSA) is 137 Å². The summed E-state index contributed by atoms with van der Waals surface area (Å²) in [6.45, 7) is 9.36. The first kappa shape index (κ1) is 56.2. The van der Waals surface area contributed by atoms with Gasteiger partial charge in [-0.25, -0.2) is 0 Å². The highest BCUT2D eigenvalue weighted by atomic mass is 28.3. The monoisotopic (exact) mass is 1110 g/mol. The van der Waals surface area contributed by atoms with Crippen LogP contribution in [0.4, 0.5) is 0 Å². The Bertz CT molecular complexity index is 3590. The predicted octanol–water partition coefficient (Wildman–Crippen LogP) is 12.6. The molecule has 0 atom stereocenters. The van der Waals surface area contributed by atoms with Gasteiger partial charge in [-0.05, 0) is 145 Å². The highest BCUT2D eigenvalue weighted by Crippen LogP contribution is 2.74. The summed E-state index contributed by atoms with van der Waals surface area (Å²) in [6, 6.07) is 63.2. The molecular formula is C74H66O8Si. The first-order valence-corrected chi connectivity index (χ1v) is 30.7. The summed E-state index contributed by atoms with van der Waals surface area (Å²) in [4.78, 5) is 104. The molecule has 0 aromatic heterocycles. The molecule has 9 heteroatoms. The fraction of sp³-hybridized carbons (Fsp3) is 0.243. The fourth-order valence-electron chi connectivity index (χ4n) is 15.3. The summed E-state index contributed by atoms with van der Waals surface area (Å²) >= 11 is 0. The molecule has 8 aromatic carbocycles. The number of Topliss-reactive ketones (excluding diaryl/α,β-unsaturated/α-hetero) is 8. The number of carbonyl (C=O) groups is 8. The van der Waals surface area contributed by atoms with Crippen LogP contribution >= 0.6 is 0 Å². The van der Waals surface area contributed by atoms with Gasteiger partial charge in [-0.15, -0.1) is 0 Å². The van der Waals surface area contributed by atoms with Gasteiger partial charge in [0, 0.05) is 57.3 Å². The molecule has 0 radical (unpaired) electrons. The standard InChI is InChI=1S/C74H66O8Si/c1-47(75)53-7-23-61(24-8-53)71-41-72(62-25-9-54(10-26-62)48(2)76)43-73(42-71,63-27-11-55(12-28-63)49(3)77)46-74(44-71,45-72)64-29-13-59(14-30-64)69(81)39-40-70(82)60-21-37-68(38-22-60)83(65-31-15-56(16-32-65)50(4)78,66-33-17-57(18-34-66)51(5)79)67-35-19-58(20-36-67)52(6)80/h7-38H,39-46H2,1-6H3. The second-order valence-corrected chi connectivity index (χ2v) is 28.0. The molecule has 0 amide bonds. The van der Waals surface area contributed by atoms with Crippen LogP contribution in [0.1, 0.15) is 198 Å². The summed E-state index contributed by atoms with van der Waals surface area (Å²) in [5.41, 5.74) is 8.10. The third-order valence-electron chi connectivity index (χ3n) is 19.0. The first-order valence-electron chi connectivity index (χ1n) is 28.7. The van der Waals surface area contributed by atoms with Gasteiger partial charge < -0.3 is 0 Å². The van der Waals surface area contributed by atoms with Crippen LogP contribution < -0.4 is 20.7 Å². The van der Waals surface area contributed by atoms with Crippen LogP contribution in [-0.4, -0.2) is 54.3 Å². The van der Waals surface area contributed by atoms with E-state index in [0.717, 1.165) is 64.8 Å². The Morgan fingerprint density at radius 1 is 0.253 bits per heavy atom. The lowest BCUT2D eigenvalue weighted by atomic mass is 9.32. The molecule has 8 nitrogen and oxygen atoms in total. The molecule has 0 heterocycles. The van der Waals surface area contributed by atoms with Gasteiger partial charge in [0.2, 0.25) is 0 Å². The second kappa shape index (κ2) is 21.6. The molecule has 0 spiro atoms. The number of carbonyl (C=O) groups excluding carboxylic acids is 8. The van der Waals surface area contributed by atoms with E-state index in [9.17, 15) is 38.4 Å². The summed E-state index contributed by atoms with van der Waals surface area (Å²) in [5.74, 6) is -0.459. The predicted molar refractivity (Wildman–Crippen MR) is 328 cm³/mol. The average Bonchev–Trinajstić information content (AvgIpc) is 1.30. The Balaban J connectivity index is 0.910. The lowest BCUT2D eigenvalue weighted by Crippen LogP contribution is -2.74. The molecule has 4 aliphatic rings. The summed E-state index contributed by atoms with van der Waals surface area (Å²) in [7, 11) is -3.25. The molecule has 0 saturated heterocycles. The fourth-order valence-corrected chi connectivity index (χ4v) is 20.0. The minimum Gasteiger partial charge on any atom is -0.295 e. The van der Waals surface area contributed by atoms with Gasteiger partial charge in [0.05, 0.1) is 0 Å². The molecule has 8 aromatic rings. The van der Waals surface area contributed by atoms with Crippen LogP contribution in [-0.2, 0) is 21.7 Å². The Morgan fingerprint density at radius 3 is 0.590 bits per heavy atom. The lowest BCUT2D eigenvalue weighted by Gasteiger charge is -2.71. The first-order chi connectivity index (χ1) is 39.7. The van der Waals surface area contributed by atoms with Gasteiger partial charge in [-0.3, -0.25) is 38.4 Å². The van der Waals surface area contributed by atoms with Crippen LogP contribution in [0.3, 0.4) is 0 Å². The van der Waals surface area contributed by atoms with Crippen molar-refractivity contribution in [1.29, 1.82) is 0 Å². The van der Waals surface area contributed by atoms with E-state index in [1.807, 2.05) is 146 Å². The average molecular weight is 1110 g/mol. The van der Waals surface area contributed by atoms with Crippen molar-refractivity contribution in [3.05, 3.63) is 261 Å². The number of hydrogen-bond acceptors (Lipinski definition) is 8. The van der Waals surface area contributed by atoms with Crippen molar-refractivity contribution in [2.75, 3.05) is 0 Å². The highest BCUT2D eigenvalue weighted by Gasteiger charge is 2.69. The molecule has 4 saturated carbocycles. The van der Waals surface area contributed by atoms with E-state index >= 15 is 0 Å². The molecule has 0 unspecified atom stereocenters. The van der Waals surface area contributed by atoms with Crippen molar-refractivity contribution in [2.24, 2.45) is 0 Å². The highest BCUT2D eigenvalue weighted by molar-refractivity contribution is 7.19. The third-order valence-corrected chi connectivity index (χ3v) is 23.8. The van der Waals surface area contributed by atoms with Crippen molar-refractivity contribution in [3.63, 3.8) is 0 Å². The van der Waals surface area contributed by atoms with E-state index in [2.05, 4.69) is 48.5 Å². The van der Waals surface area contributed by atoms with Crippen LogP contribution in [0.2, 0.25) is 0 Å². The third kappa shape index (κ3) is 10.1. The largest absolute Gasteiger partial charge is 0.295 e. The van der Waals surface area contributed by atoms with Gasteiger partial charge >= 0.3 is 0 Å². The molecule has 414 valence electrons. The van der Waals surface area contributed by atoms with E-state index < -0.39 is 8.07 Å². The molecule has 4 fully saturated rings. The van der Waals surface area contributed by atoms with Crippen LogP contribution in [0, 0.1) is 0 Å². The van der Waals surface area contributed by atoms with Gasteiger partial charge in [0.15, 0.2) is 54.3 Å². The quantitative estimate of drug-likeness (QED) is 0.0443. The zero-order valence-corrected chi connectivity index (χ0v) is 48.9. The van der Waals surface area contributed by atoms with Crippen molar-refractivity contribution < 1.29 is 38.4 Å². The maximum atomic E-state index is 14.2. The van der Waals surface area contributed by atoms with Gasteiger partial charge in [0.25, 0.3) is 0 Å². The SMILES string of the molecule is CC(=O)c1ccc(C23CC4(c5ccc(C(C)=O)cc5)CC(c5ccc(C(C)=O)cc5)(C2)CC(c2ccc(C(=O)CCC(=O)c5ccc([Si](c6ccc(C(C)=O)cc6)(c6ccc(C(C)=O)cc6)c6ccc(C(C)=O)cc6)cc5)cc2)(C3)C4)cc1. The van der Waals surface area contributed by atoms with Crippen LogP contribution in [0.15, 0.2) is 194 Å². The second-order valence-electron chi connectivity index (χ2n) is 24.2. The normalized spacial score (nSPS) is 20.6. The number of hydrogen-bond donors (Lipinski definition) is 0. The summed E-state index contributed by atoms with van der Waals surface area (Å²) in [6.07, 6.45) is 5.22. The molecule has 4 aliphatic carbocycles. The van der Waals surface area contributed by atoms with Crippen molar-refractivity contribution >= 4 is 75.1 Å². The maximum absolute atomic E-state index is 14.2. The smallest absolute Gasteiger partial charge is 0.179 e. The van der Waals surface area contributed by atoms with Crippen LogP contribution in [0.25, 0.3) is 0 Å². The molecule has 0 N–H and O–H groups in total. The maximum Gasteiger partial charge on any atom is 0.179 e. The minimum atomic E-state index is -3.25. The van der Waals surface area contributed by atoms with E-state index in [1.165, 1.54) is 37.5 Å². The Hall–Kier alpha value is -8.66. The zero-order valence-electron chi connectivity index (χ0n) is 47.9. The summed E-state index contributed by atoms with van der Waals surface area (Å²) < 4.78 is 0. The number of ketones is 8. The summed E-state index contributed by atoms with van der Waals surface area (Å²) in [5, 5.41) is 3.84. The van der Waals surface area contributed by atoms with Gasteiger partial charge in [-0.2, -0.15) is 0 Å². The van der Waals surface area contributed by atoms with E-state index in [0.29, 0.717) is 44.5 Å². The molecule has 83 heavy (non-hydrogen) atoms. The zero-order chi connectivity index (χ0) is 58.6. The Kier molecular flexibility index (Phi) is 14.6. The van der Waals surface area contributed by atoms with Gasteiger partial charge in [0.1, 0.15) is 0 Å². The Morgan fingerprint density at radius 2 is 0.410 bits per heavy atom. The molecule has 4 bridgehead atoms. The molecular weight excluding hydrogens is 1040 g/mol. The Labute approximate surface area is 486 Å².